The maximum absolute atomic E-state index is 13.6. The Bertz CT molecular complexity index is 940. The van der Waals surface area contributed by atoms with Crippen molar-refractivity contribution in [2.75, 3.05) is 0 Å². The third-order valence-corrected chi connectivity index (χ3v) is 5.10. The number of fused-ring (bicyclic) bond motifs is 4. The van der Waals surface area contributed by atoms with Crippen LogP contribution in [0, 0.1) is 5.82 Å². The minimum atomic E-state index is -0.205. The molecule has 1 aromatic heterocycles. The van der Waals surface area contributed by atoms with Gasteiger partial charge in [-0.25, -0.2) is 4.39 Å². The standard InChI is InChI=1S/C16H8BrFS/c17-13-7-12-11-5-9-3-1-2-4-10(9)6-15(11)19-16(12)8-14(13)18/h1-8H. The van der Waals surface area contributed by atoms with Crippen LogP contribution in [0.3, 0.4) is 0 Å². The first-order valence-corrected chi connectivity index (χ1v) is 7.53. The van der Waals surface area contributed by atoms with Crippen molar-refractivity contribution in [1.82, 2.24) is 0 Å². The quantitative estimate of drug-likeness (QED) is 0.365. The van der Waals surface area contributed by atoms with Gasteiger partial charge in [-0.3, -0.25) is 0 Å². The van der Waals surface area contributed by atoms with Crippen molar-refractivity contribution in [3.8, 4) is 0 Å². The van der Waals surface area contributed by atoms with Gasteiger partial charge in [-0.2, -0.15) is 0 Å². The van der Waals surface area contributed by atoms with E-state index < -0.39 is 0 Å². The molecule has 0 atom stereocenters. The second-order valence-electron chi connectivity index (χ2n) is 4.56. The maximum Gasteiger partial charge on any atom is 0.138 e. The first kappa shape index (κ1) is 11.4. The van der Waals surface area contributed by atoms with Gasteiger partial charge in [0.15, 0.2) is 0 Å². The molecule has 0 nitrogen and oxygen atoms in total. The second kappa shape index (κ2) is 4.02. The second-order valence-corrected chi connectivity index (χ2v) is 6.50. The molecule has 0 radical (unpaired) electrons. The van der Waals surface area contributed by atoms with E-state index in [-0.39, 0.29) is 5.82 Å². The zero-order chi connectivity index (χ0) is 13.0. The minimum Gasteiger partial charge on any atom is -0.206 e. The van der Waals surface area contributed by atoms with Crippen LogP contribution in [0.25, 0.3) is 30.9 Å². The van der Waals surface area contributed by atoms with Crippen molar-refractivity contribution < 1.29 is 4.39 Å². The van der Waals surface area contributed by atoms with E-state index in [0.29, 0.717) is 4.47 Å². The number of hydrogen-bond acceptors (Lipinski definition) is 1. The highest BCUT2D eigenvalue weighted by Gasteiger charge is 2.09. The van der Waals surface area contributed by atoms with Gasteiger partial charge in [0.1, 0.15) is 5.82 Å². The van der Waals surface area contributed by atoms with E-state index in [2.05, 4.69) is 40.2 Å². The van der Waals surface area contributed by atoms with Crippen molar-refractivity contribution in [3.63, 3.8) is 0 Å². The van der Waals surface area contributed by atoms with Crippen LogP contribution in [-0.4, -0.2) is 0 Å². The van der Waals surface area contributed by atoms with Gasteiger partial charge in [-0.05, 0) is 51.0 Å². The summed E-state index contributed by atoms with van der Waals surface area (Å²) in [7, 11) is 0. The Balaban J connectivity index is 2.22. The molecule has 0 aliphatic carbocycles. The Morgan fingerprint density at radius 2 is 1.47 bits per heavy atom. The van der Waals surface area contributed by atoms with E-state index in [0.717, 1.165) is 10.1 Å². The Morgan fingerprint density at radius 1 is 0.842 bits per heavy atom. The Labute approximate surface area is 121 Å². The lowest BCUT2D eigenvalue weighted by Gasteiger charge is -1.98. The molecule has 0 saturated carbocycles. The largest absolute Gasteiger partial charge is 0.206 e. The predicted molar refractivity (Wildman–Crippen MR) is 84.5 cm³/mol. The molecular weight excluding hydrogens is 323 g/mol. The molecule has 0 N–H and O–H groups in total. The molecule has 3 aromatic carbocycles. The zero-order valence-electron chi connectivity index (χ0n) is 9.78. The molecule has 19 heavy (non-hydrogen) atoms. The van der Waals surface area contributed by atoms with Crippen molar-refractivity contribution >= 4 is 58.2 Å². The molecule has 0 saturated heterocycles. The summed E-state index contributed by atoms with van der Waals surface area (Å²) in [6.07, 6.45) is 0. The third-order valence-electron chi connectivity index (χ3n) is 3.38. The highest BCUT2D eigenvalue weighted by Crippen LogP contribution is 2.38. The smallest absolute Gasteiger partial charge is 0.138 e. The summed E-state index contributed by atoms with van der Waals surface area (Å²) in [5.74, 6) is -0.205. The highest BCUT2D eigenvalue weighted by molar-refractivity contribution is 9.10. The number of hydrogen-bond donors (Lipinski definition) is 0. The van der Waals surface area contributed by atoms with Gasteiger partial charge >= 0.3 is 0 Å². The van der Waals surface area contributed by atoms with Gasteiger partial charge in [-0.15, -0.1) is 11.3 Å². The molecule has 1 heterocycles. The molecule has 92 valence electrons. The van der Waals surface area contributed by atoms with E-state index in [1.165, 1.54) is 20.9 Å². The number of thiophene rings is 1. The Kier molecular flexibility index (Phi) is 2.41. The predicted octanol–water partition coefficient (Wildman–Crippen LogP) is 6.11. The molecule has 4 aromatic rings. The van der Waals surface area contributed by atoms with Crippen molar-refractivity contribution in [2.24, 2.45) is 0 Å². The van der Waals surface area contributed by atoms with Crippen LogP contribution >= 0.6 is 27.3 Å². The molecule has 0 aliphatic heterocycles. The van der Waals surface area contributed by atoms with Gasteiger partial charge in [0, 0.05) is 20.2 Å². The van der Waals surface area contributed by atoms with E-state index in [4.69, 9.17) is 0 Å². The molecule has 3 heteroatoms. The van der Waals surface area contributed by atoms with E-state index in [1.54, 1.807) is 17.4 Å². The fourth-order valence-corrected chi connectivity index (χ4v) is 3.94. The number of benzene rings is 3. The molecule has 0 unspecified atom stereocenters. The van der Waals surface area contributed by atoms with Gasteiger partial charge in [0.25, 0.3) is 0 Å². The molecule has 0 amide bonds. The van der Waals surface area contributed by atoms with Crippen molar-refractivity contribution in [3.05, 3.63) is 58.8 Å². The van der Waals surface area contributed by atoms with Crippen molar-refractivity contribution in [2.45, 2.75) is 0 Å². The van der Waals surface area contributed by atoms with E-state index in [9.17, 15) is 4.39 Å². The van der Waals surface area contributed by atoms with Crippen LogP contribution in [0.15, 0.2) is 53.0 Å². The summed E-state index contributed by atoms with van der Waals surface area (Å²) in [6, 6.07) is 16.1. The van der Waals surface area contributed by atoms with Crippen LogP contribution in [0.2, 0.25) is 0 Å². The lowest BCUT2D eigenvalue weighted by Crippen LogP contribution is -1.76. The van der Waals surface area contributed by atoms with Gasteiger partial charge in [-0.1, -0.05) is 24.3 Å². The summed E-state index contributed by atoms with van der Waals surface area (Å²) in [6.45, 7) is 0. The van der Waals surface area contributed by atoms with Crippen molar-refractivity contribution in [1.29, 1.82) is 0 Å². The summed E-state index contributed by atoms with van der Waals surface area (Å²) in [5, 5.41) is 4.75. The topological polar surface area (TPSA) is 0 Å². The fourth-order valence-electron chi connectivity index (χ4n) is 2.46. The van der Waals surface area contributed by atoms with Crippen LogP contribution in [0.4, 0.5) is 4.39 Å². The summed E-state index contributed by atoms with van der Waals surface area (Å²) >= 11 is 4.90. The average Bonchev–Trinajstić information content (AvgIpc) is 2.74. The lowest BCUT2D eigenvalue weighted by molar-refractivity contribution is 0.623. The number of halogens is 2. The molecule has 0 bridgehead atoms. The number of rotatable bonds is 0. The fraction of sp³-hybridized carbons (Fsp3) is 0. The van der Waals surface area contributed by atoms with Gasteiger partial charge < -0.3 is 0 Å². The maximum atomic E-state index is 13.6. The van der Waals surface area contributed by atoms with Crippen LogP contribution in [-0.2, 0) is 0 Å². The molecule has 0 aliphatic rings. The normalized spacial score (nSPS) is 11.7. The van der Waals surface area contributed by atoms with E-state index >= 15 is 0 Å². The van der Waals surface area contributed by atoms with Gasteiger partial charge in [0.2, 0.25) is 0 Å². The summed E-state index contributed by atoms with van der Waals surface area (Å²) < 4.78 is 16.3. The summed E-state index contributed by atoms with van der Waals surface area (Å²) in [4.78, 5) is 0. The zero-order valence-corrected chi connectivity index (χ0v) is 12.2. The lowest BCUT2D eigenvalue weighted by atomic mass is 10.1. The summed E-state index contributed by atoms with van der Waals surface area (Å²) in [5.41, 5.74) is 0. The first-order valence-electron chi connectivity index (χ1n) is 5.92. The Morgan fingerprint density at radius 3 is 2.26 bits per heavy atom. The minimum absolute atomic E-state index is 0.205. The Hall–Kier alpha value is -1.45. The van der Waals surface area contributed by atoms with E-state index in [1.807, 2.05) is 18.2 Å². The molecule has 0 spiro atoms. The van der Waals surface area contributed by atoms with Gasteiger partial charge in [0.05, 0.1) is 4.47 Å². The average molecular weight is 331 g/mol. The molecule has 4 rings (SSSR count). The first-order chi connectivity index (χ1) is 9.22. The van der Waals surface area contributed by atoms with Crippen LogP contribution in [0.5, 0.6) is 0 Å². The monoisotopic (exact) mass is 330 g/mol. The molecule has 0 fully saturated rings. The molecular formula is C16H8BrFS. The SMILES string of the molecule is Fc1cc2sc3cc4ccccc4cc3c2cc1Br. The van der Waals surface area contributed by atoms with Crippen LogP contribution < -0.4 is 0 Å². The van der Waals surface area contributed by atoms with Crippen LogP contribution in [0.1, 0.15) is 0 Å². The third kappa shape index (κ3) is 1.69. The highest BCUT2D eigenvalue weighted by atomic mass is 79.9.